The van der Waals surface area contributed by atoms with Crippen LogP contribution in [0.5, 0.6) is 0 Å². The van der Waals surface area contributed by atoms with Crippen LogP contribution in [0.25, 0.3) is 0 Å². The summed E-state index contributed by atoms with van der Waals surface area (Å²) in [4.78, 5) is 16.6. The first-order valence-electron chi connectivity index (χ1n) is 7.07. The molecule has 1 aliphatic heterocycles. The lowest BCUT2D eigenvalue weighted by Crippen LogP contribution is -2.30. The molecule has 0 radical (unpaired) electrons. The Kier molecular flexibility index (Phi) is 3.44. The van der Waals surface area contributed by atoms with Gasteiger partial charge < -0.3 is 10.1 Å². The summed E-state index contributed by atoms with van der Waals surface area (Å²) >= 11 is 0. The first-order chi connectivity index (χ1) is 10.5. The number of rotatable bonds is 3. The lowest BCUT2D eigenvalue weighted by molar-refractivity contribution is -0.139. The Morgan fingerprint density at radius 3 is 2.86 bits per heavy atom. The van der Waals surface area contributed by atoms with Crippen LogP contribution in [-0.2, 0) is 16.6 Å². The maximum Gasteiger partial charge on any atom is 0.338 e. The van der Waals surface area contributed by atoms with Crippen LogP contribution in [0.4, 0.5) is 5.95 Å². The Bertz CT molecular complexity index is 757. The molecule has 0 aromatic carbocycles. The number of nitrogens with one attached hydrogen (secondary N) is 1. The third-order valence-corrected chi connectivity index (χ3v) is 3.61. The maximum absolute atomic E-state index is 12.4. The molecule has 0 unspecified atom stereocenters. The van der Waals surface area contributed by atoms with Gasteiger partial charge in [0.05, 0.1) is 23.6 Å². The summed E-state index contributed by atoms with van der Waals surface area (Å²) in [6.45, 7) is 5.85. The number of aromatic nitrogens is 5. The van der Waals surface area contributed by atoms with Gasteiger partial charge in [0.25, 0.3) is 0 Å². The zero-order valence-corrected chi connectivity index (χ0v) is 13.0. The Morgan fingerprint density at radius 2 is 2.23 bits per heavy atom. The topological polar surface area (TPSA) is 86.9 Å². The number of carbonyl (C=O) groups excluding carboxylic acids is 1. The van der Waals surface area contributed by atoms with Crippen molar-refractivity contribution in [1.82, 2.24) is 24.5 Å². The van der Waals surface area contributed by atoms with E-state index in [0.29, 0.717) is 23.8 Å². The molecule has 1 N–H and O–H groups in total. The fourth-order valence-corrected chi connectivity index (χ4v) is 2.72. The lowest BCUT2D eigenvalue weighted by atomic mass is 10.00. The first kappa shape index (κ1) is 14.3. The molecule has 8 heteroatoms. The Morgan fingerprint density at radius 1 is 1.45 bits per heavy atom. The first-order valence-corrected chi connectivity index (χ1v) is 7.07. The normalized spacial score (nSPS) is 17.2. The number of nitrogens with zero attached hydrogens (tertiary/aromatic N) is 5. The zero-order chi connectivity index (χ0) is 15.9. The average Bonchev–Trinajstić information content (AvgIpc) is 3.03. The SMILES string of the molecule is CCOC(=O)C1=C(C)Nc2ncnn2[C@H]1c1cc(C)nn1C. The number of hydrogen-bond acceptors (Lipinski definition) is 6. The molecule has 3 rings (SSSR count). The molecule has 0 bridgehead atoms. The fourth-order valence-electron chi connectivity index (χ4n) is 2.72. The van der Waals surface area contributed by atoms with Crippen molar-refractivity contribution in [2.75, 3.05) is 11.9 Å². The third-order valence-electron chi connectivity index (χ3n) is 3.61. The van der Waals surface area contributed by atoms with Crippen molar-refractivity contribution in [3.63, 3.8) is 0 Å². The van der Waals surface area contributed by atoms with Crippen molar-refractivity contribution in [1.29, 1.82) is 0 Å². The van der Waals surface area contributed by atoms with E-state index in [1.807, 2.05) is 27.0 Å². The summed E-state index contributed by atoms with van der Waals surface area (Å²) < 4.78 is 8.64. The van der Waals surface area contributed by atoms with Gasteiger partial charge in [-0.15, -0.1) is 0 Å². The summed E-state index contributed by atoms with van der Waals surface area (Å²) in [6.07, 6.45) is 1.46. The minimum Gasteiger partial charge on any atom is -0.463 e. The van der Waals surface area contributed by atoms with Crippen molar-refractivity contribution < 1.29 is 9.53 Å². The number of ether oxygens (including phenoxy) is 1. The van der Waals surface area contributed by atoms with Gasteiger partial charge in [-0.1, -0.05) is 0 Å². The molecule has 2 aromatic rings. The van der Waals surface area contributed by atoms with Gasteiger partial charge in [0.1, 0.15) is 12.4 Å². The number of allylic oxidation sites excluding steroid dienone is 1. The molecule has 0 spiro atoms. The van der Waals surface area contributed by atoms with Crippen LogP contribution in [0.1, 0.15) is 31.3 Å². The second kappa shape index (κ2) is 5.28. The average molecular weight is 302 g/mol. The van der Waals surface area contributed by atoms with E-state index in [0.717, 1.165) is 11.4 Å². The Balaban J connectivity index is 2.17. The van der Waals surface area contributed by atoms with E-state index in [9.17, 15) is 4.79 Å². The predicted molar refractivity (Wildman–Crippen MR) is 79.1 cm³/mol. The molecular formula is C14H18N6O2. The number of aryl methyl sites for hydroxylation is 2. The zero-order valence-electron chi connectivity index (χ0n) is 13.0. The van der Waals surface area contributed by atoms with Gasteiger partial charge in [-0.3, -0.25) is 4.68 Å². The van der Waals surface area contributed by atoms with E-state index in [-0.39, 0.29) is 5.97 Å². The lowest BCUT2D eigenvalue weighted by Gasteiger charge is -2.27. The number of fused-ring (bicyclic) bond motifs is 1. The van der Waals surface area contributed by atoms with Gasteiger partial charge >= 0.3 is 5.97 Å². The minimum absolute atomic E-state index is 0.316. The fraction of sp³-hybridized carbons (Fsp3) is 0.429. The molecule has 0 saturated heterocycles. The highest BCUT2D eigenvalue weighted by Crippen LogP contribution is 2.35. The van der Waals surface area contributed by atoms with E-state index >= 15 is 0 Å². The van der Waals surface area contributed by atoms with Gasteiger partial charge in [-0.05, 0) is 26.8 Å². The second-order valence-corrected chi connectivity index (χ2v) is 5.15. The standard InChI is InChI=1S/C14H18N6O2/c1-5-22-13(21)11-9(3)17-14-15-7-16-20(14)12(11)10-6-8(2)18-19(10)4/h6-7,12H,5H2,1-4H3,(H,15,16,17)/t12-/m0/s1. The van der Waals surface area contributed by atoms with Crippen LogP contribution in [0.15, 0.2) is 23.7 Å². The Labute approximate surface area is 127 Å². The summed E-state index contributed by atoms with van der Waals surface area (Å²) in [7, 11) is 1.85. The van der Waals surface area contributed by atoms with Gasteiger partial charge in [0, 0.05) is 12.7 Å². The number of carbonyl (C=O) groups is 1. The molecule has 1 aliphatic rings. The highest BCUT2D eigenvalue weighted by Gasteiger charge is 2.36. The van der Waals surface area contributed by atoms with Crippen molar-refractivity contribution in [3.8, 4) is 0 Å². The largest absolute Gasteiger partial charge is 0.463 e. The number of hydrogen-bond donors (Lipinski definition) is 1. The molecule has 0 aliphatic carbocycles. The molecule has 0 fully saturated rings. The smallest absolute Gasteiger partial charge is 0.338 e. The van der Waals surface area contributed by atoms with Gasteiger partial charge in [0.2, 0.25) is 5.95 Å². The van der Waals surface area contributed by atoms with E-state index < -0.39 is 6.04 Å². The summed E-state index contributed by atoms with van der Waals surface area (Å²) in [5, 5.41) is 11.7. The van der Waals surface area contributed by atoms with E-state index in [1.54, 1.807) is 16.3 Å². The third kappa shape index (κ3) is 2.16. The molecule has 1 atom stereocenters. The van der Waals surface area contributed by atoms with Crippen molar-refractivity contribution in [2.45, 2.75) is 26.8 Å². The summed E-state index contributed by atoms with van der Waals surface area (Å²) in [5.41, 5.74) is 2.96. The van der Waals surface area contributed by atoms with Crippen LogP contribution in [0, 0.1) is 6.92 Å². The maximum atomic E-state index is 12.4. The van der Waals surface area contributed by atoms with Gasteiger partial charge in [-0.25, -0.2) is 9.48 Å². The molecular weight excluding hydrogens is 284 g/mol. The molecule has 0 amide bonds. The quantitative estimate of drug-likeness (QED) is 0.857. The van der Waals surface area contributed by atoms with Crippen molar-refractivity contribution >= 4 is 11.9 Å². The van der Waals surface area contributed by atoms with Crippen LogP contribution < -0.4 is 5.32 Å². The van der Waals surface area contributed by atoms with Gasteiger partial charge in [0.15, 0.2) is 0 Å². The monoisotopic (exact) mass is 302 g/mol. The summed E-state index contributed by atoms with van der Waals surface area (Å²) in [6, 6.07) is 1.53. The van der Waals surface area contributed by atoms with Crippen LogP contribution >= 0.6 is 0 Å². The molecule has 2 aromatic heterocycles. The highest BCUT2D eigenvalue weighted by molar-refractivity contribution is 5.92. The van der Waals surface area contributed by atoms with Crippen molar-refractivity contribution in [3.05, 3.63) is 35.1 Å². The molecule has 0 saturated carbocycles. The minimum atomic E-state index is -0.413. The van der Waals surface area contributed by atoms with Crippen LogP contribution in [0.2, 0.25) is 0 Å². The number of esters is 1. The molecule has 116 valence electrons. The van der Waals surface area contributed by atoms with Crippen LogP contribution in [-0.4, -0.2) is 37.1 Å². The van der Waals surface area contributed by atoms with E-state index in [1.165, 1.54) is 6.33 Å². The summed E-state index contributed by atoms with van der Waals surface area (Å²) in [5.74, 6) is 0.229. The predicted octanol–water partition coefficient (Wildman–Crippen LogP) is 1.17. The van der Waals surface area contributed by atoms with Crippen molar-refractivity contribution in [2.24, 2.45) is 7.05 Å². The van der Waals surface area contributed by atoms with E-state index in [2.05, 4.69) is 20.5 Å². The Hall–Kier alpha value is -2.64. The van der Waals surface area contributed by atoms with E-state index in [4.69, 9.17) is 4.74 Å². The highest BCUT2D eigenvalue weighted by atomic mass is 16.5. The van der Waals surface area contributed by atoms with Gasteiger partial charge in [-0.2, -0.15) is 15.2 Å². The molecule has 22 heavy (non-hydrogen) atoms. The van der Waals surface area contributed by atoms with Crippen LogP contribution in [0.3, 0.4) is 0 Å². The molecule has 8 nitrogen and oxygen atoms in total. The number of anilines is 1. The second-order valence-electron chi connectivity index (χ2n) is 5.15. The molecule has 3 heterocycles.